The molecule has 0 aliphatic rings. The number of rotatable bonds is 2. The van der Waals surface area contributed by atoms with Gasteiger partial charge in [-0.25, -0.2) is 13.8 Å². The second-order valence-corrected chi connectivity index (χ2v) is 3.88. The Morgan fingerprint density at radius 3 is 2.64 bits per heavy atom. The number of carbonyl (C=O) groups is 1. The van der Waals surface area contributed by atoms with Gasteiger partial charge in [-0.2, -0.15) is 0 Å². The Labute approximate surface area is 96.8 Å². The molecule has 1 rings (SSSR count). The maximum Gasteiger partial charge on any atom is 0.267 e. The molecule has 0 bridgehead atoms. The molecule has 1 heterocycles. The van der Waals surface area contributed by atoms with Crippen molar-refractivity contribution in [2.75, 3.05) is 0 Å². The van der Waals surface area contributed by atoms with Crippen LogP contribution in [0.4, 0.5) is 8.78 Å². The van der Waals surface area contributed by atoms with Crippen molar-refractivity contribution in [2.45, 2.75) is 6.43 Å². The number of pyridine rings is 1. The highest BCUT2D eigenvalue weighted by Gasteiger charge is 2.20. The van der Waals surface area contributed by atoms with Gasteiger partial charge in [-0.15, -0.1) is 0 Å². The van der Waals surface area contributed by atoms with E-state index in [4.69, 9.17) is 17.3 Å². The van der Waals surface area contributed by atoms with E-state index in [2.05, 4.69) is 4.98 Å². The first-order chi connectivity index (χ1) is 6.43. The Morgan fingerprint density at radius 1 is 1.64 bits per heavy atom. The normalized spacial score (nSPS) is 10.6. The van der Waals surface area contributed by atoms with E-state index in [0.29, 0.717) is 3.57 Å². The topological polar surface area (TPSA) is 56.0 Å². The largest absolute Gasteiger partial charge is 0.364 e. The molecule has 0 fully saturated rings. The summed E-state index contributed by atoms with van der Waals surface area (Å²) in [5, 5.41) is -0.0104. The number of alkyl halides is 2. The SMILES string of the molecule is NC(=O)c1nc(Cl)c(I)cc1C(F)F. The van der Waals surface area contributed by atoms with Gasteiger partial charge < -0.3 is 5.73 Å². The molecule has 0 unspecified atom stereocenters. The summed E-state index contributed by atoms with van der Waals surface area (Å²) < 4.78 is 25.2. The molecule has 1 aromatic rings. The first kappa shape index (κ1) is 11.6. The molecule has 0 atom stereocenters. The molecular weight excluding hydrogens is 328 g/mol. The van der Waals surface area contributed by atoms with Gasteiger partial charge in [0.1, 0.15) is 10.8 Å². The van der Waals surface area contributed by atoms with Gasteiger partial charge in [-0.1, -0.05) is 11.6 Å². The molecule has 76 valence electrons. The zero-order valence-corrected chi connectivity index (χ0v) is 9.51. The van der Waals surface area contributed by atoms with E-state index in [1.165, 1.54) is 0 Å². The summed E-state index contributed by atoms with van der Waals surface area (Å²) in [4.78, 5) is 14.3. The van der Waals surface area contributed by atoms with Gasteiger partial charge in [0, 0.05) is 0 Å². The van der Waals surface area contributed by atoms with Crippen molar-refractivity contribution in [3.8, 4) is 0 Å². The Morgan fingerprint density at radius 2 is 2.21 bits per heavy atom. The van der Waals surface area contributed by atoms with Crippen LogP contribution in [0.1, 0.15) is 22.5 Å². The number of hydrogen-bond acceptors (Lipinski definition) is 2. The van der Waals surface area contributed by atoms with Crippen LogP contribution in [-0.2, 0) is 0 Å². The molecule has 1 amide bonds. The van der Waals surface area contributed by atoms with Gasteiger partial charge in [-0.3, -0.25) is 4.79 Å². The van der Waals surface area contributed by atoms with Crippen LogP contribution < -0.4 is 5.73 Å². The summed E-state index contributed by atoms with van der Waals surface area (Å²) >= 11 is 7.31. The first-order valence-electron chi connectivity index (χ1n) is 3.37. The highest BCUT2D eigenvalue weighted by atomic mass is 127. The second kappa shape index (κ2) is 4.35. The quantitative estimate of drug-likeness (QED) is 0.668. The fourth-order valence-corrected chi connectivity index (χ4v) is 1.44. The molecule has 7 heteroatoms. The summed E-state index contributed by atoms with van der Waals surface area (Å²) in [7, 11) is 0. The van der Waals surface area contributed by atoms with E-state index >= 15 is 0 Å². The summed E-state index contributed by atoms with van der Waals surface area (Å²) in [6.45, 7) is 0. The Bertz CT molecular complexity index is 386. The summed E-state index contributed by atoms with van der Waals surface area (Å²) in [6.07, 6.45) is -2.80. The summed E-state index contributed by atoms with van der Waals surface area (Å²) in [6, 6.07) is 1.10. The third-order valence-electron chi connectivity index (χ3n) is 1.43. The van der Waals surface area contributed by atoms with Crippen molar-refractivity contribution in [2.24, 2.45) is 5.73 Å². The molecule has 0 spiro atoms. The van der Waals surface area contributed by atoms with Crippen molar-refractivity contribution in [1.82, 2.24) is 4.98 Å². The summed E-state index contributed by atoms with van der Waals surface area (Å²) in [5.41, 5.74) is 3.90. The second-order valence-electron chi connectivity index (χ2n) is 2.36. The van der Waals surface area contributed by atoms with Crippen LogP contribution in [0, 0.1) is 3.57 Å². The molecule has 0 saturated carbocycles. The Kier molecular flexibility index (Phi) is 3.59. The lowest BCUT2D eigenvalue weighted by molar-refractivity contribution is 0.0980. The number of carbonyl (C=O) groups excluding carboxylic acids is 1. The van der Waals surface area contributed by atoms with Crippen LogP contribution in [0.15, 0.2) is 6.07 Å². The number of hydrogen-bond donors (Lipinski definition) is 1. The number of nitrogens with two attached hydrogens (primary N) is 1. The molecule has 0 saturated heterocycles. The smallest absolute Gasteiger partial charge is 0.267 e. The molecule has 0 aromatic carbocycles. The minimum Gasteiger partial charge on any atom is -0.364 e. The number of halogens is 4. The number of primary amides is 1. The van der Waals surface area contributed by atoms with Crippen LogP contribution in [0.25, 0.3) is 0 Å². The van der Waals surface area contributed by atoms with E-state index in [1.54, 1.807) is 22.6 Å². The minimum atomic E-state index is -2.80. The molecule has 3 nitrogen and oxygen atoms in total. The molecular formula is C7H4ClF2IN2O. The minimum absolute atomic E-state index is 0.0104. The van der Waals surface area contributed by atoms with Crippen LogP contribution in [0.2, 0.25) is 5.15 Å². The maximum atomic E-state index is 12.4. The molecule has 1 aromatic heterocycles. The van der Waals surface area contributed by atoms with Crippen molar-refractivity contribution in [3.63, 3.8) is 0 Å². The lowest BCUT2D eigenvalue weighted by Crippen LogP contribution is -2.16. The number of aromatic nitrogens is 1. The molecule has 0 aliphatic carbocycles. The molecule has 0 aliphatic heterocycles. The van der Waals surface area contributed by atoms with Gasteiger partial charge >= 0.3 is 0 Å². The Hall–Kier alpha value is -0.500. The standard InChI is InChI=1S/C7H4ClF2IN2O/c8-5-3(11)1-2(6(9)10)4(13-5)7(12)14/h1,6H,(H2,12,14). The van der Waals surface area contributed by atoms with Gasteiger partial charge in [0.25, 0.3) is 12.3 Å². The van der Waals surface area contributed by atoms with Crippen molar-refractivity contribution >= 4 is 40.1 Å². The fraction of sp³-hybridized carbons (Fsp3) is 0.143. The summed E-state index contributed by atoms with van der Waals surface area (Å²) in [5.74, 6) is -1.02. The lowest BCUT2D eigenvalue weighted by Gasteiger charge is -2.06. The van der Waals surface area contributed by atoms with Crippen LogP contribution >= 0.6 is 34.2 Å². The van der Waals surface area contributed by atoms with E-state index in [9.17, 15) is 13.6 Å². The van der Waals surface area contributed by atoms with Gasteiger partial charge in [-0.05, 0) is 28.7 Å². The van der Waals surface area contributed by atoms with Gasteiger partial charge in [0.2, 0.25) is 0 Å². The highest BCUT2D eigenvalue weighted by molar-refractivity contribution is 14.1. The zero-order valence-electron chi connectivity index (χ0n) is 6.60. The van der Waals surface area contributed by atoms with Gasteiger partial charge in [0.15, 0.2) is 0 Å². The monoisotopic (exact) mass is 332 g/mol. The third kappa shape index (κ3) is 2.30. The molecule has 14 heavy (non-hydrogen) atoms. The van der Waals surface area contributed by atoms with E-state index < -0.39 is 23.6 Å². The predicted octanol–water partition coefficient (Wildman–Crippen LogP) is 2.38. The third-order valence-corrected chi connectivity index (χ3v) is 2.86. The maximum absolute atomic E-state index is 12.4. The first-order valence-corrected chi connectivity index (χ1v) is 4.83. The number of nitrogens with zero attached hydrogens (tertiary/aromatic N) is 1. The fourth-order valence-electron chi connectivity index (χ4n) is 0.844. The molecule has 0 radical (unpaired) electrons. The molecule has 2 N–H and O–H groups in total. The lowest BCUT2D eigenvalue weighted by atomic mass is 10.2. The van der Waals surface area contributed by atoms with E-state index in [0.717, 1.165) is 6.07 Å². The van der Waals surface area contributed by atoms with Crippen LogP contribution in [-0.4, -0.2) is 10.9 Å². The van der Waals surface area contributed by atoms with Crippen molar-refractivity contribution in [3.05, 3.63) is 26.0 Å². The van der Waals surface area contributed by atoms with Crippen molar-refractivity contribution < 1.29 is 13.6 Å². The average Bonchev–Trinajstić information content (AvgIpc) is 2.08. The average molecular weight is 332 g/mol. The zero-order chi connectivity index (χ0) is 10.9. The van der Waals surface area contributed by atoms with Crippen LogP contribution in [0.5, 0.6) is 0 Å². The van der Waals surface area contributed by atoms with Crippen LogP contribution in [0.3, 0.4) is 0 Å². The van der Waals surface area contributed by atoms with E-state index in [-0.39, 0.29) is 5.15 Å². The van der Waals surface area contributed by atoms with Gasteiger partial charge in [0.05, 0.1) is 9.13 Å². The van der Waals surface area contributed by atoms with Crippen molar-refractivity contribution in [1.29, 1.82) is 0 Å². The highest BCUT2D eigenvalue weighted by Crippen LogP contribution is 2.26. The predicted molar refractivity (Wildman–Crippen MR) is 55.4 cm³/mol. The Balaban J connectivity index is 3.39. The number of amides is 1. The van der Waals surface area contributed by atoms with E-state index in [1.807, 2.05) is 0 Å².